The summed E-state index contributed by atoms with van der Waals surface area (Å²) in [6.45, 7) is 0. The number of primary amides is 1. The number of nitrogens with two attached hydrogens (primary N) is 2. The molecule has 2 heterocycles. The van der Waals surface area contributed by atoms with E-state index < -0.39 is 5.91 Å². The number of nitrogens with one attached hydrogen (secondary N) is 1. The molecule has 0 aliphatic rings. The number of nitrogen functional groups attached to an aromatic ring is 1. The Bertz CT molecular complexity index is 800. The van der Waals surface area contributed by atoms with Crippen LogP contribution in [0.2, 0.25) is 0 Å². The van der Waals surface area contributed by atoms with Crippen molar-refractivity contribution >= 4 is 33.4 Å². The van der Waals surface area contributed by atoms with Gasteiger partial charge in [0.2, 0.25) is 17.7 Å². The van der Waals surface area contributed by atoms with Crippen LogP contribution in [0.4, 0.5) is 5.95 Å². The smallest absolute Gasteiger partial charge is 0.248 e. The second-order valence-corrected chi connectivity index (χ2v) is 5.02. The molecular formula is C13H11N5O2S. The van der Waals surface area contributed by atoms with Crippen molar-refractivity contribution in [3.8, 4) is 11.6 Å². The molecular weight excluding hydrogens is 290 g/mol. The second-order valence-electron chi connectivity index (χ2n) is 4.13. The lowest BCUT2D eigenvalue weighted by molar-refractivity contribution is 0.100. The third kappa shape index (κ3) is 2.62. The van der Waals surface area contributed by atoms with Crippen LogP contribution in [0.1, 0.15) is 10.4 Å². The van der Waals surface area contributed by atoms with Gasteiger partial charge in [0.05, 0.1) is 5.39 Å². The largest absolute Gasteiger partial charge is 0.438 e. The van der Waals surface area contributed by atoms with E-state index >= 15 is 0 Å². The van der Waals surface area contributed by atoms with E-state index in [1.807, 2.05) is 11.4 Å². The molecule has 3 rings (SSSR count). The number of anilines is 1. The number of hydrogen-bond acceptors (Lipinski definition) is 7. The van der Waals surface area contributed by atoms with E-state index in [0.717, 1.165) is 10.2 Å². The number of thiophene rings is 1. The summed E-state index contributed by atoms with van der Waals surface area (Å²) in [5.74, 6) is 6.06. The van der Waals surface area contributed by atoms with E-state index in [1.165, 1.54) is 11.3 Å². The van der Waals surface area contributed by atoms with E-state index in [2.05, 4.69) is 15.4 Å². The first-order valence-corrected chi connectivity index (χ1v) is 6.85. The molecule has 0 aliphatic heterocycles. The molecule has 0 atom stereocenters. The first-order chi connectivity index (χ1) is 10.2. The quantitative estimate of drug-likeness (QED) is 0.500. The van der Waals surface area contributed by atoms with Gasteiger partial charge in [-0.15, -0.1) is 11.3 Å². The summed E-state index contributed by atoms with van der Waals surface area (Å²) in [6, 6.07) is 8.34. The first-order valence-electron chi connectivity index (χ1n) is 5.97. The first kappa shape index (κ1) is 13.3. The van der Waals surface area contributed by atoms with Gasteiger partial charge in [-0.25, -0.2) is 10.8 Å². The third-order valence-electron chi connectivity index (χ3n) is 2.77. The highest BCUT2D eigenvalue weighted by atomic mass is 32.1. The van der Waals surface area contributed by atoms with E-state index in [1.54, 1.807) is 24.3 Å². The van der Waals surface area contributed by atoms with E-state index in [4.69, 9.17) is 16.3 Å². The van der Waals surface area contributed by atoms with Crippen molar-refractivity contribution in [3.05, 3.63) is 41.3 Å². The molecule has 106 valence electrons. The van der Waals surface area contributed by atoms with Crippen LogP contribution in [0.5, 0.6) is 11.6 Å². The predicted molar refractivity (Wildman–Crippen MR) is 80.3 cm³/mol. The van der Waals surface area contributed by atoms with Crippen molar-refractivity contribution in [3.63, 3.8) is 0 Å². The lowest BCUT2D eigenvalue weighted by atomic mass is 10.2. The summed E-state index contributed by atoms with van der Waals surface area (Å²) in [7, 11) is 0. The Morgan fingerprint density at radius 1 is 1.19 bits per heavy atom. The molecule has 1 amide bonds. The maximum absolute atomic E-state index is 11.0. The molecule has 8 heteroatoms. The molecule has 0 aliphatic carbocycles. The van der Waals surface area contributed by atoms with Crippen LogP contribution in [-0.2, 0) is 0 Å². The van der Waals surface area contributed by atoms with Gasteiger partial charge in [-0.05, 0) is 35.7 Å². The van der Waals surface area contributed by atoms with Gasteiger partial charge in [-0.2, -0.15) is 4.98 Å². The van der Waals surface area contributed by atoms with Crippen LogP contribution in [0.3, 0.4) is 0 Å². The number of benzene rings is 1. The van der Waals surface area contributed by atoms with Crippen LogP contribution in [0.25, 0.3) is 10.2 Å². The number of fused-ring (bicyclic) bond motifs is 1. The monoisotopic (exact) mass is 301 g/mol. The fourth-order valence-corrected chi connectivity index (χ4v) is 2.52. The fourth-order valence-electron chi connectivity index (χ4n) is 1.77. The summed E-state index contributed by atoms with van der Waals surface area (Å²) >= 11 is 1.46. The van der Waals surface area contributed by atoms with Gasteiger partial charge in [0, 0.05) is 5.56 Å². The fraction of sp³-hybridized carbons (Fsp3) is 0. The zero-order valence-electron chi connectivity index (χ0n) is 10.7. The highest BCUT2D eigenvalue weighted by Crippen LogP contribution is 2.31. The summed E-state index contributed by atoms with van der Waals surface area (Å²) in [6.07, 6.45) is 0. The summed E-state index contributed by atoms with van der Waals surface area (Å²) in [4.78, 5) is 20.2. The third-order valence-corrected chi connectivity index (χ3v) is 3.58. The number of nitrogens with zero attached hydrogens (tertiary/aromatic N) is 2. The number of amides is 1. The molecule has 3 aromatic rings. The maximum atomic E-state index is 11.0. The van der Waals surface area contributed by atoms with Crippen LogP contribution in [0.15, 0.2) is 35.7 Å². The van der Waals surface area contributed by atoms with Crippen LogP contribution < -0.4 is 21.7 Å². The Morgan fingerprint density at radius 3 is 2.62 bits per heavy atom. The minimum Gasteiger partial charge on any atom is -0.438 e. The summed E-state index contributed by atoms with van der Waals surface area (Å²) < 4.78 is 5.74. The Balaban J connectivity index is 1.97. The average Bonchev–Trinajstić information content (AvgIpc) is 2.96. The molecule has 0 saturated heterocycles. The molecule has 1 aromatic carbocycles. The molecule has 0 radical (unpaired) electrons. The highest BCUT2D eigenvalue weighted by Gasteiger charge is 2.11. The molecule has 0 fully saturated rings. The van der Waals surface area contributed by atoms with Crippen molar-refractivity contribution < 1.29 is 9.53 Å². The minimum absolute atomic E-state index is 0.272. The molecule has 0 spiro atoms. The average molecular weight is 301 g/mol. The highest BCUT2D eigenvalue weighted by molar-refractivity contribution is 7.16. The van der Waals surface area contributed by atoms with Crippen LogP contribution in [-0.4, -0.2) is 15.9 Å². The van der Waals surface area contributed by atoms with Crippen LogP contribution >= 0.6 is 11.3 Å². The van der Waals surface area contributed by atoms with Gasteiger partial charge in [0.1, 0.15) is 10.6 Å². The molecule has 0 bridgehead atoms. The lowest BCUT2D eigenvalue weighted by Gasteiger charge is -2.07. The molecule has 0 unspecified atom stereocenters. The Labute approximate surface area is 123 Å². The zero-order valence-corrected chi connectivity index (χ0v) is 11.6. The minimum atomic E-state index is -0.488. The SMILES string of the molecule is NNc1nc(Oc2ccc(C(N)=O)cc2)c2ccsc2n1. The van der Waals surface area contributed by atoms with Gasteiger partial charge in [0.25, 0.3) is 0 Å². The number of ether oxygens (including phenoxy) is 1. The topological polar surface area (TPSA) is 116 Å². The van der Waals surface area contributed by atoms with Gasteiger partial charge in [-0.1, -0.05) is 0 Å². The standard InChI is InChI=1S/C13H11N5O2S/c14-10(19)7-1-3-8(4-2-7)20-11-9-5-6-21-12(9)17-13(16-11)18-15/h1-6H,15H2,(H2,14,19)(H,16,17,18). The number of hydrazine groups is 1. The second kappa shape index (κ2) is 5.35. The predicted octanol–water partition coefficient (Wildman–Crippen LogP) is 1.87. The van der Waals surface area contributed by atoms with Crippen molar-refractivity contribution in [2.45, 2.75) is 0 Å². The maximum Gasteiger partial charge on any atom is 0.248 e. The Morgan fingerprint density at radius 2 is 1.95 bits per heavy atom. The normalized spacial score (nSPS) is 10.5. The van der Waals surface area contributed by atoms with E-state index in [-0.39, 0.29) is 5.95 Å². The van der Waals surface area contributed by atoms with Gasteiger partial charge < -0.3 is 10.5 Å². The molecule has 2 aromatic heterocycles. The van der Waals surface area contributed by atoms with E-state index in [9.17, 15) is 4.79 Å². The Hall–Kier alpha value is -2.71. The van der Waals surface area contributed by atoms with E-state index in [0.29, 0.717) is 17.2 Å². The summed E-state index contributed by atoms with van der Waals surface area (Å²) in [5.41, 5.74) is 8.01. The van der Waals surface area contributed by atoms with Gasteiger partial charge in [-0.3, -0.25) is 10.2 Å². The number of carbonyl (C=O) groups is 1. The molecule has 7 nitrogen and oxygen atoms in total. The number of aromatic nitrogens is 2. The number of rotatable bonds is 4. The molecule has 0 saturated carbocycles. The summed E-state index contributed by atoms with van der Waals surface area (Å²) in [5, 5.41) is 2.68. The van der Waals surface area contributed by atoms with Crippen LogP contribution in [0, 0.1) is 0 Å². The zero-order chi connectivity index (χ0) is 14.8. The Kier molecular flexibility index (Phi) is 3.38. The molecule has 5 N–H and O–H groups in total. The van der Waals surface area contributed by atoms with Crippen molar-refractivity contribution in [1.29, 1.82) is 0 Å². The van der Waals surface area contributed by atoms with Crippen molar-refractivity contribution in [1.82, 2.24) is 9.97 Å². The number of hydrogen-bond donors (Lipinski definition) is 3. The van der Waals surface area contributed by atoms with Crippen molar-refractivity contribution in [2.75, 3.05) is 5.43 Å². The van der Waals surface area contributed by atoms with Gasteiger partial charge in [0.15, 0.2) is 0 Å². The number of carbonyl (C=O) groups excluding carboxylic acids is 1. The van der Waals surface area contributed by atoms with Gasteiger partial charge >= 0.3 is 0 Å². The van der Waals surface area contributed by atoms with Crippen molar-refractivity contribution in [2.24, 2.45) is 11.6 Å². The molecule has 21 heavy (non-hydrogen) atoms. The lowest BCUT2D eigenvalue weighted by Crippen LogP contribution is -2.11.